The Morgan fingerprint density at radius 1 is 1.17 bits per heavy atom. The molecule has 0 radical (unpaired) electrons. The molecule has 4 aliphatic rings. The van der Waals surface area contributed by atoms with Crippen LogP contribution in [-0.2, 0) is 6.42 Å². The first-order chi connectivity index (χ1) is 8.73. The largest absolute Gasteiger partial charge is 0.489 e. The number of para-hydroxylation sites is 1. The third-order valence-corrected chi connectivity index (χ3v) is 5.49. The summed E-state index contributed by atoms with van der Waals surface area (Å²) in [5.74, 6) is 2.84. The van der Waals surface area contributed by atoms with Crippen LogP contribution in [0.1, 0.15) is 18.4 Å². The highest BCUT2D eigenvalue weighted by atomic mass is 16.5. The second-order valence-electron chi connectivity index (χ2n) is 6.72. The first kappa shape index (κ1) is 10.9. The van der Waals surface area contributed by atoms with Crippen molar-refractivity contribution in [3.05, 3.63) is 29.8 Å². The van der Waals surface area contributed by atoms with Gasteiger partial charge in [-0.05, 0) is 17.5 Å². The molecule has 18 heavy (non-hydrogen) atoms. The summed E-state index contributed by atoms with van der Waals surface area (Å²) < 4.78 is 7.52. The molecule has 0 spiro atoms. The van der Waals surface area contributed by atoms with Gasteiger partial charge < -0.3 is 9.22 Å². The van der Waals surface area contributed by atoms with Gasteiger partial charge in [-0.2, -0.15) is 0 Å². The van der Waals surface area contributed by atoms with Crippen molar-refractivity contribution in [3.8, 4) is 5.75 Å². The van der Waals surface area contributed by atoms with E-state index in [0.29, 0.717) is 6.10 Å². The number of benzene rings is 1. The smallest absolute Gasteiger partial charge is 0.123 e. The van der Waals surface area contributed by atoms with Crippen LogP contribution >= 0.6 is 0 Å². The van der Waals surface area contributed by atoms with E-state index < -0.39 is 0 Å². The van der Waals surface area contributed by atoms with Crippen molar-refractivity contribution in [1.29, 1.82) is 0 Å². The summed E-state index contributed by atoms with van der Waals surface area (Å²) in [7, 11) is 2.43. The maximum Gasteiger partial charge on any atom is 0.123 e. The van der Waals surface area contributed by atoms with E-state index in [0.717, 1.165) is 24.0 Å². The van der Waals surface area contributed by atoms with E-state index in [-0.39, 0.29) is 0 Å². The summed E-state index contributed by atoms with van der Waals surface area (Å²) in [6, 6.07) is 8.58. The highest BCUT2D eigenvalue weighted by Crippen LogP contribution is 2.42. The van der Waals surface area contributed by atoms with Crippen molar-refractivity contribution < 1.29 is 9.22 Å². The Morgan fingerprint density at radius 3 is 2.67 bits per heavy atom. The summed E-state index contributed by atoms with van der Waals surface area (Å²) in [6.07, 6.45) is 4.41. The van der Waals surface area contributed by atoms with E-state index in [1.165, 1.54) is 42.5 Å². The minimum atomic E-state index is 0.449. The van der Waals surface area contributed by atoms with Gasteiger partial charge in [0, 0.05) is 25.2 Å². The maximum absolute atomic E-state index is 6.23. The van der Waals surface area contributed by atoms with Crippen LogP contribution in [0.25, 0.3) is 0 Å². The molecule has 3 saturated heterocycles. The molecule has 1 aromatic rings. The molecule has 0 saturated carbocycles. The van der Waals surface area contributed by atoms with Gasteiger partial charge in [0.2, 0.25) is 0 Å². The molecular weight excluding hydrogens is 222 g/mol. The van der Waals surface area contributed by atoms with E-state index in [2.05, 4.69) is 31.3 Å². The molecule has 1 aromatic carbocycles. The van der Waals surface area contributed by atoms with Crippen LogP contribution < -0.4 is 4.74 Å². The molecule has 0 amide bonds. The predicted octanol–water partition coefficient (Wildman–Crippen LogP) is 2.48. The molecule has 2 nitrogen and oxygen atoms in total. The first-order valence-electron chi connectivity index (χ1n) is 7.32. The van der Waals surface area contributed by atoms with Crippen LogP contribution in [0.3, 0.4) is 0 Å². The Morgan fingerprint density at radius 2 is 1.94 bits per heavy atom. The van der Waals surface area contributed by atoms with Gasteiger partial charge in [0.1, 0.15) is 11.9 Å². The molecule has 0 unspecified atom stereocenters. The number of piperidine rings is 3. The fraction of sp³-hybridized carbons (Fsp3) is 0.625. The molecule has 0 aliphatic carbocycles. The molecule has 2 atom stereocenters. The zero-order valence-electron chi connectivity index (χ0n) is 11.1. The Kier molecular flexibility index (Phi) is 2.25. The number of quaternary nitrogens is 1. The number of fused-ring (bicyclic) bond motifs is 4. The summed E-state index contributed by atoms with van der Waals surface area (Å²) in [4.78, 5) is 0. The summed E-state index contributed by atoms with van der Waals surface area (Å²) >= 11 is 0. The van der Waals surface area contributed by atoms with Gasteiger partial charge in [-0.3, -0.25) is 0 Å². The van der Waals surface area contributed by atoms with E-state index in [1.54, 1.807) is 0 Å². The highest BCUT2D eigenvalue weighted by molar-refractivity contribution is 5.37. The van der Waals surface area contributed by atoms with Gasteiger partial charge in [0.25, 0.3) is 0 Å². The van der Waals surface area contributed by atoms with Crippen LogP contribution in [0.2, 0.25) is 0 Å². The van der Waals surface area contributed by atoms with Crippen molar-refractivity contribution in [2.45, 2.75) is 25.4 Å². The van der Waals surface area contributed by atoms with Crippen LogP contribution in [-0.4, -0.2) is 37.3 Å². The van der Waals surface area contributed by atoms with Crippen molar-refractivity contribution >= 4 is 0 Å². The Balaban J connectivity index is 1.56. The van der Waals surface area contributed by atoms with Gasteiger partial charge >= 0.3 is 0 Å². The van der Waals surface area contributed by atoms with Crippen molar-refractivity contribution in [2.24, 2.45) is 11.8 Å². The maximum atomic E-state index is 6.23. The van der Waals surface area contributed by atoms with Gasteiger partial charge in [0.05, 0.1) is 26.7 Å². The summed E-state index contributed by atoms with van der Waals surface area (Å²) in [5.41, 5.74) is 1.42. The number of rotatable bonds is 1. The highest BCUT2D eigenvalue weighted by Gasteiger charge is 2.48. The monoisotopic (exact) mass is 244 g/mol. The van der Waals surface area contributed by atoms with Crippen LogP contribution in [0.15, 0.2) is 24.3 Å². The molecule has 5 rings (SSSR count). The first-order valence-corrected chi connectivity index (χ1v) is 7.32. The molecule has 4 heterocycles. The normalized spacial score (nSPS) is 41.5. The average Bonchev–Trinajstić information content (AvgIpc) is 2.82. The van der Waals surface area contributed by atoms with E-state index in [9.17, 15) is 0 Å². The second kappa shape index (κ2) is 3.74. The molecule has 0 aromatic heterocycles. The molecule has 3 fully saturated rings. The lowest BCUT2D eigenvalue weighted by Crippen LogP contribution is -2.61. The Hall–Kier alpha value is -1.02. The molecule has 2 bridgehead atoms. The van der Waals surface area contributed by atoms with Gasteiger partial charge in [-0.15, -0.1) is 0 Å². The SMILES string of the molecule is C[N+]12CCC(CC1)[C@H]([C@H]1Cc3ccccc3O1)C2. The molecule has 0 N–H and O–H groups in total. The van der Waals surface area contributed by atoms with Gasteiger partial charge in [-0.25, -0.2) is 0 Å². The fourth-order valence-electron chi connectivity index (χ4n) is 4.35. The van der Waals surface area contributed by atoms with Crippen molar-refractivity contribution in [3.63, 3.8) is 0 Å². The lowest BCUT2D eigenvalue weighted by Gasteiger charge is -2.51. The van der Waals surface area contributed by atoms with Crippen LogP contribution in [0.5, 0.6) is 5.75 Å². The predicted molar refractivity (Wildman–Crippen MR) is 71.6 cm³/mol. The molecular formula is C16H22NO+. The number of hydrogen-bond donors (Lipinski definition) is 0. The van der Waals surface area contributed by atoms with Gasteiger partial charge in [-0.1, -0.05) is 18.2 Å². The van der Waals surface area contributed by atoms with E-state index >= 15 is 0 Å². The van der Waals surface area contributed by atoms with Crippen molar-refractivity contribution in [2.75, 3.05) is 26.7 Å². The number of hydrogen-bond acceptors (Lipinski definition) is 1. The Bertz CT molecular complexity index is 437. The average molecular weight is 244 g/mol. The third kappa shape index (κ3) is 1.58. The van der Waals surface area contributed by atoms with Crippen LogP contribution in [0, 0.1) is 11.8 Å². The zero-order chi connectivity index (χ0) is 12.2. The second-order valence-corrected chi connectivity index (χ2v) is 6.72. The van der Waals surface area contributed by atoms with E-state index in [1.807, 2.05) is 0 Å². The minimum absolute atomic E-state index is 0.449. The fourth-order valence-corrected chi connectivity index (χ4v) is 4.35. The Labute approximate surface area is 109 Å². The summed E-state index contributed by atoms with van der Waals surface area (Å²) in [5, 5.41) is 0. The number of ether oxygens (including phenoxy) is 1. The zero-order valence-corrected chi connectivity index (χ0v) is 11.1. The lowest BCUT2D eigenvalue weighted by atomic mass is 9.74. The molecule has 2 heteroatoms. The van der Waals surface area contributed by atoms with Crippen LogP contribution in [0.4, 0.5) is 0 Å². The summed E-state index contributed by atoms with van der Waals surface area (Å²) in [6.45, 7) is 4.12. The topological polar surface area (TPSA) is 9.23 Å². The molecule has 96 valence electrons. The van der Waals surface area contributed by atoms with Gasteiger partial charge in [0.15, 0.2) is 0 Å². The lowest BCUT2D eigenvalue weighted by molar-refractivity contribution is -0.929. The quantitative estimate of drug-likeness (QED) is 0.690. The standard InChI is InChI=1S/C16H22NO/c1-17-8-6-12(7-9-17)14(11-17)16-10-13-4-2-3-5-15(13)18-16/h2-5,12,14,16H,6-11H2,1H3/q+1/t12?,14-,16-,17?/m1/s1. The molecule has 4 aliphatic heterocycles. The van der Waals surface area contributed by atoms with E-state index in [4.69, 9.17) is 4.74 Å². The minimum Gasteiger partial charge on any atom is -0.489 e. The third-order valence-electron chi connectivity index (χ3n) is 5.49. The number of nitrogens with zero attached hydrogens (tertiary/aromatic N) is 1. The van der Waals surface area contributed by atoms with Crippen molar-refractivity contribution in [1.82, 2.24) is 0 Å².